The second kappa shape index (κ2) is 6.97. The van der Waals surface area contributed by atoms with Crippen molar-refractivity contribution in [1.29, 1.82) is 0 Å². The minimum absolute atomic E-state index is 0.0426. The maximum Gasteiger partial charge on any atom is 0.230 e. The average Bonchev–Trinajstić information content (AvgIpc) is 3.00. The van der Waals surface area contributed by atoms with Gasteiger partial charge < -0.3 is 5.32 Å². The van der Waals surface area contributed by atoms with Gasteiger partial charge in [0.05, 0.1) is 12.1 Å². The minimum atomic E-state index is -0.0426. The number of anilines is 1. The molecule has 1 N–H and O–H groups in total. The molecule has 1 heterocycles. The molecular weight excluding hydrogens is 316 g/mol. The molecule has 0 unspecified atom stereocenters. The number of thiazole rings is 1. The van der Waals surface area contributed by atoms with Gasteiger partial charge in [-0.05, 0) is 44.0 Å². The lowest BCUT2D eigenvalue weighted by atomic mass is 10.1. The van der Waals surface area contributed by atoms with Crippen LogP contribution in [0.4, 0.5) is 5.69 Å². The van der Waals surface area contributed by atoms with Gasteiger partial charge in [-0.2, -0.15) is 0 Å². The van der Waals surface area contributed by atoms with Crippen molar-refractivity contribution < 1.29 is 4.79 Å². The van der Waals surface area contributed by atoms with Crippen molar-refractivity contribution in [3.8, 4) is 10.6 Å². The smallest absolute Gasteiger partial charge is 0.230 e. The summed E-state index contributed by atoms with van der Waals surface area (Å²) in [6.07, 6.45) is 0.287. The SMILES string of the molecule is Cc1ccc(-c2nc(CC(=O)Nc3ccc(C)c(C)c3)cs2)cc1. The molecule has 3 nitrogen and oxygen atoms in total. The van der Waals surface area contributed by atoms with Crippen LogP contribution in [0.1, 0.15) is 22.4 Å². The van der Waals surface area contributed by atoms with Crippen LogP contribution in [0.3, 0.4) is 0 Å². The van der Waals surface area contributed by atoms with E-state index in [0.717, 1.165) is 22.0 Å². The van der Waals surface area contributed by atoms with Crippen molar-refractivity contribution in [2.24, 2.45) is 0 Å². The maximum absolute atomic E-state index is 12.2. The highest BCUT2D eigenvalue weighted by Gasteiger charge is 2.10. The fourth-order valence-corrected chi connectivity index (χ4v) is 3.23. The van der Waals surface area contributed by atoms with Crippen LogP contribution in [-0.2, 0) is 11.2 Å². The largest absolute Gasteiger partial charge is 0.326 e. The van der Waals surface area contributed by atoms with Crippen LogP contribution in [0.15, 0.2) is 47.8 Å². The molecule has 0 aliphatic heterocycles. The lowest BCUT2D eigenvalue weighted by Gasteiger charge is -2.06. The normalized spacial score (nSPS) is 10.6. The molecule has 0 atom stereocenters. The van der Waals surface area contributed by atoms with E-state index in [1.165, 1.54) is 16.7 Å². The summed E-state index contributed by atoms with van der Waals surface area (Å²) < 4.78 is 0. The number of nitrogens with one attached hydrogen (secondary N) is 1. The molecule has 2 aromatic carbocycles. The first-order chi connectivity index (χ1) is 11.5. The third-order valence-corrected chi connectivity index (χ3v) is 4.92. The molecule has 0 saturated heterocycles. The van der Waals surface area contributed by atoms with Crippen molar-refractivity contribution in [2.75, 3.05) is 5.32 Å². The number of hydrogen-bond acceptors (Lipinski definition) is 3. The molecule has 0 fully saturated rings. The zero-order valence-corrected chi connectivity index (χ0v) is 14.9. The minimum Gasteiger partial charge on any atom is -0.326 e. The van der Waals surface area contributed by atoms with Crippen LogP contribution < -0.4 is 5.32 Å². The number of carbonyl (C=O) groups excluding carboxylic acids is 1. The second-order valence-electron chi connectivity index (χ2n) is 6.03. The summed E-state index contributed by atoms with van der Waals surface area (Å²) in [4.78, 5) is 16.8. The number of amides is 1. The summed E-state index contributed by atoms with van der Waals surface area (Å²) in [6, 6.07) is 14.2. The van der Waals surface area contributed by atoms with Gasteiger partial charge in [0.25, 0.3) is 0 Å². The highest BCUT2D eigenvalue weighted by Crippen LogP contribution is 2.24. The second-order valence-corrected chi connectivity index (χ2v) is 6.89. The van der Waals surface area contributed by atoms with Gasteiger partial charge >= 0.3 is 0 Å². The van der Waals surface area contributed by atoms with Crippen molar-refractivity contribution in [2.45, 2.75) is 27.2 Å². The Labute approximate surface area is 146 Å². The Morgan fingerprint density at radius 3 is 2.50 bits per heavy atom. The first-order valence-electron chi connectivity index (χ1n) is 7.90. The van der Waals surface area contributed by atoms with E-state index in [2.05, 4.69) is 48.4 Å². The van der Waals surface area contributed by atoms with Crippen molar-refractivity contribution >= 4 is 22.9 Å². The molecule has 0 aliphatic carbocycles. The van der Waals surface area contributed by atoms with Gasteiger partial charge in [-0.1, -0.05) is 35.9 Å². The molecule has 4 heteroatoms. The van der Waals surface area contributed by atoms with Crippen LogP contribution in [0.5, 0.6) is 0 Å². The van der Waals surface area contributed by atoms with Crippen molar-refractivity contribution in [3.05, 3.63) is 70.2 Å². The van der Waals surface area contributed by atoms with Crippen LogP contribution in [0, 0.1) is 20.8 Å². The molecular formula is C20H20N2OS. The van der Waals surface area contributed by atoms with Crippen LogP contribution >= 0.6 is 11.3 Å². The van der Waals surface area contributed by atoms with Crippen LogP contribution in [-0.4, -0.2) is 10.9 Å². The maximum atomic E-state index is 12.2. The van der Waals surface area contributed by atoms with Gasteiger partial charge in [0.15, 0.2) is 0 Å². The number of aryl methyl sites for hydroxylation is 3. The van der Waals surface area contributed by atoms with Gasteiger partial charge in [0.1, 0.15) is 5.01 Å². The van der Waals surface area contributed by atoms with Crippen molar-refractivity contribution in [1.82, 2.24) is 4.98 Å². The summed E-state index contributed by atoms with van der Waals surface area (Å²) in [7, 11) is 0. The number of carbonyl (C=O) groups is 1. The number of hydrogen-bond donors (Lipinski definition) is 1. The Morgan fingerprint density at radius 1 is 1.04 bits per heavy atom. The van der Waals surface area contributed by atoms with E-state index in [-0.39, 0.29) is 12.3 Å². The molecule has 3 rings (SSSR count). The third kappa shape index (κ3) is 3.89. The van der Waals surface area contributed by atoms with Gasteiger partial charge in [0.2, 0.25) is 5.91 Å². The van der Waals surface area contributed by atoms with E-state index in [1.807, 2.05) is 30.5 Å². The highest BCUT2D eigenvalue weighted by molar-refractivity contribution is 7.13. The van der Waals surface area contributed by atoms with Gasteiger partial charge in [0, 0.05) is 16.6 Å². The average molecular weight is 336 g/mol. The fourth-order valence-electron chi connectivity index (χ4n) is 2.41. The Hall–Kier alpha value is -2.46. The number of rotatable bonds is 4. The molecule has 122 valence electrons. The fraction of sp³-hybridized carbons (Fsp3) is 0.200. The molecule has 0 radical (unpaired) electrons. The zero-order valence-electron chi connectivity index (χ0n) is 14.1. The number of benzene rings is 2. The Balaban J connectivity index is 1.66. The number of aromatic nitrogens is 1. The summed E-state index contributed by atoms with van der Waals surface area (Å²) in [5, 5.41) is 5.84. The van der Waals surface area contributed by atoms with Crippen LogP contribution in [0.2, 0.25) is 0 Å². The number of nitrogens with zero attached hydrogens (tertiary/aromatic N) is 1. The first kappa shape index (κ1) is 16.4. The predicted octanol–water partition coefficient (Wildman–Crippen LogP) is 4.92. The molecule has 0 bridgehead atoms. The Kier molecular flexibility index (Phi) is 4.76. The molecule has 24 heavy (non-hydrogen) atoms. The molecule has 0 saturated carbocycles. The van der Waals surface area contributed by atoms with Crippen molar-refractivity contribution in [3.63, 3.8) is 0 Å². The summed E-state index contributed by atoms with van der Waals surface area (Å²) >= 11 is 1.57. The summed E-state index contributed by atoms with van der Waals surface area (Å²) in [6.45, 7) is 6.16. The Morgan fingerprint density at radius 2 is 1.79 bits per heavy atom. The Bertz CT molecular complexity index is 866. The standard InChI is InChI=1S/C20H20N2OS/c1-13-4-7-16(8-5-13)20-22-18(12-24-20)11-19(23)21-17-9-6-14(2)15(3)10-17/h4-10,12H,11H2,1-3H3,(H,21,23). The van der Waals surface area contributed by atoms with Gasteiger partial charge in [-0.25, -0.2) is 4.98 Å². The van der Waals surface area contributed by atoms with Gasteiger partial charge in [-0.15, -0.1) is 11.3 Å². The first-order valence-corrected chi connectivity index (χ1v) is 8.78. The lowest BCUT2D eigenvalue weighted by Crippen LogP contribution is -2.14. The monoisotopic (exact) mass is 336 g/mol. The van der Waals surface area contributed by atoms with E-state index in [0.29, 0.717) is 0 Å². The molecule has 3 aromatic rings. The molecule has 1 aromatic heterocycles. The molecule has 0 aliphatic rings. The van der Waals surface area contributed by atoms with Crippen LogP contribution in [0.25, 0.3) is 10.6 Å². The van der Waals surface area contributed by atoms with E-state index in [4.69, 9.17) is 0 Å². The molecule has 0 spiro atoms. The van der Waals surface area contributed by atoms with E-state index in [9.17, 15) is 4.79 Å². The lowest BCUT2D eigenvalue weighted by molar-refractivity contribution is -0.115. The van der Waals surface area contributed by atoms with E-state index < -0.39 is 0 Å². The highest BCUT2D eigenvalue weighted by atomic mass is 32.1. The van der Waals surface area contributed by atoms with Gasteiger partial charge in [-0.3, -0.25) is 4.79 Å². The van der Waals surface area contributed by atoms with E-state index >= 15 is 0 Å². The topological polar surface area (TPSA) is 42.0 Å². The zero-order chi connectivity index (χ0) is 17.1. The van der Waals surface area contributed by atoms with E-state index in [1.54, 1.807) is 11.3 Å². The summed E-state index contributed by atoms with van der Waals surface area (Å²) in [5.74, 6) is -0.0426. The quantitative estimate of drug-likeness (QED) is 0.735. The third-order valence-electron chi connectivity index (χ3n) is 3.98. The predicted molar refractivity (Wildman–Crippen MR) is 101 cm³/mol. The molecule has 1 amide bonds. The summed E-state index contributed by atoms with van der Waals surface area (Å²) in [5.41, 5.74) is 6.34.